The molecular weight excluding hydrogens is 360 g/mol. The molecule has 2 aliphatic heterocycles. The smallest absolute Gasteiger partial charge is 0.329 e. The molecule has 2 N–H and O–H groups in total. The molecule has 1 aromatic heterocycles. The van der Waals surface area contributed by atoms with Gasteiger partial charge in [-0.1, -0.05) is 12.1 Å². The number of fused-ring (bicyclic) bond motifs is 1. The highest BCUT2D eigenvalue weighted by atomic mass is 16.5. The van der Waals surface area contributed by atoms with Crippen LogP contribution in [0.5, 0.6) is 0 Å². The minimum absolute atomic E-state index is 0.0889. The van der Waals surface area contributed by atoms with Gasteiger partial charge >= 0.3 is 5.97 Å². The van der Waals surface area contributed by atoms with E-state index in [1.807, 2.05) is 0 Å². The fraction of sp³-hybridized carbons (Fsp3) is 0.350. The highest BCUT2D eigenvalue weighted by Gasteiger charge is 2.66. The highest BCUT2D eigenvalue weighted by molar-refractivity contribution is 5.96. The van der Waals surface area contributed by atoms with Crippen molar-refractivity contribution in [2.24, 2.45) is 11.1 Å². The fourth-order valence-corrected chi connectivity index (χ4v) is 4.10. The van der Waals surface area contributed by atoms with Crippen molar-refractivity contribution in [2.75, 3.05) is 6.61 Å². The zero-order valence-electron chi connectivity index (χ0n) is 15.5. The third-order valence-corrected chi connectivity index (χ3v) is 5.20. The summed E-state index contributed by atoms with van der Waals surface area (Å²) in [6.45, 7) is 3.13. The summed E-state index contributed by atoms with van der Waals surface area (Å²) in [7, 11) is 0. The van der Waals surface area contributed by atoms with E-state index in [1.165, 1.54) is 25.4 Å². The normalized spacial score (nSPS) is 28.1. The monoisotopic (exact) mass is 380 g/mol. The van der Waals surface area contributed by atoms with E-state index in [9.17, 15) is 19.6 Å². The summed E-state index contributed by atoms with van der Waals surface area (Å²) in [5, 5.41) is 10.2. The number of aromatic nitrogens is 1. The number of ketones is 1. The van der Waals surface area contributed by atoms with E-state index in [0.717, 1.165) is 0 Å². The van der Waals surface area contributed by atoms with E-state index >= 15 is 0 Å². The van der Waals surface area contributed by atoms with Crippen LogP contribution in [-0.2, 0) is 19.1 Å². The van der Waals surface area contributed by atoms with E-state index in [1.54, 1.807) is 36.2 Å². The molecule has 2 aliphatic rings. The van der Waals surface area contributed by atoms with Crippen LogP contribution in [0.1, 0.15) is 25.3 Å². The SMILES string of the molecule is CCOC(=O)[C@@]1(C#N)[C@@H]2C=CC(C(N)=O)=CN2[C@@H](C(C)=O)[C@@H]1c1cccnc1. The maximum atomic E-state index is 13.1. The third-order valence-electron chi connectivity index (χ3n) is 5.20. The quantitative estimate of drug-likeness (QED) is 0.749. The number of hydrogen-bond acceptors (Lipinski definition) is 7. The molecule has 28 heavy (non-hydrogen) atoms. The lowest BCUT2D eigenvalue weighted by Gasteiger charge is -2.32. The Kier molecular flexibility index (Phi) is 5.01. The summed E-state index contributed by atoms with van der Waals surface area (Å²) in [6.07, 6.45) is 7.58. The fourth-order valence-electron chi connectivity index (χ4n) is 4.10. The standard InChI is InChI=1S/C20H20N4O4/c1-3-28-19(27)20(11-21)15-7-6-14(18(22)26)10-24(15)17(12(2)25)16(20)13-5-4-8-23-9-13/h4-10,15-17H,3H2,1-2H3,(H2,22,26)/t15-,16-,17-,20-/m0/s1. The minimum Gasteiger partial charge on any atom is -0.465 e. The van der Waals surface area contributed by atoms with Gasteiger partial charge in [-0.25, -0.2) is 0 Å². The molecule has 0 aliphatic carbocycles. The average Bonchev–Trinajstić information content (AvgIpc) is 2.99. The number of carbonyl (C=O) groups is 3. The molecule has 1 aromatic rings. The van der Waals surface area contributed by atoms with Gasteiger partial charge in [0.05, 0.1) is 30.3 Å². The predicted octanol–water partition coefficient (Wildman–Crippen LogP) is 0.819. The molecule has 8 nitrogen and oxygen atoms in total. The van der Waals surface area contributed by atoms with Gasteiger partial charge in [0.15, 0.2) is 11.2 Å². The van der Waals surface area contributed by atoms with Crippen LogP contribution < -0.4 is 5.73 Å². The van der Waals surface area contributed by atoms with Gasteiger partial charge in [0.2, 0.25) is 5.91 Å². The first kappa shape index (κ1) is 19.3. The van der Waals surface area contributed by atoms with E-state index in [0.29, 0.717) is 5.56 Å². The number of nitrogens with two attached hydrogens (primary N) is 1. The highest BCUT2D eigenvalue weighted by Crippen LogP contribution is 2.53. The zero-order valence-corrected chi connectivity index (χ0v) is 15.5. The molecule has 0 radical (unpaired) electrons. The van der Waals surface area contributed by atoms with E-state index in [4.69, 9.17) is 10.5 Å². The first-order valence-corrected chi connectivity index (χ1v) is 8.84. The molecular formula is C20H20N4O4. The maximum absolute atomic E-state index is 13.1. The molecule has 1 amide bonds. The zero-order chi connectivity index (χ0) is 20.5. The number of hydrogen-bond donors (Lipinski definition) is 1. The Hall–Kier alpha value is -3.47. The lowest BCUT2D eigenvalue weighted by Crippen LogP contribution is -2.45. The second-order valence-corrected chi connectivity index (χ2v) is 6.72. The molecule has 3 heterocycles. The van der Waals surface area contributed by atoms with Gasteiger partial charge in [-0.15, -0.1) is 0 Å². The van der Waals surface area contributed by atoms with Crippen molar-refractivity contribution in [1.29, 1.82) is 5.26 Å². The van der Waals surface area contributed by atoms with Crippen molar-refractivity contribution in [3.05, 3.63) is 54.0 Å². The third kappa shape index (κ3) is 2.76. The van der Waals surface area contributed by atoms with Crippen LogP contribution in [0, 0.1) is 16.7 Å². The molecule has 0 aromatic carbocycles. The van der Waals surface area contributed by atoms with Gasteiger partial charge in [0.25, 0.3) is 0 Å². The number of pyridine rings is 1. The predicted molar refractivity (Wildman–Crippen MR) is 98.2 cm³/mol. The summed E-state index contributed by atoms with van der Waals surface area (Å²) >= 11 is 0. The lowest BCUT2D eigenvalue weighted by atomic mass is 9.68. The van der Waals surface area contributed by atoms with Crippen molar-refractivity contribution in [3.8, 4) is 6.07 Å². The summed E-state index contributed by atoms with van der Waals surface area (Å²) < 4.78 is 5.26. The van der Waals surface area contributed by atoms with E-state index in [-0.39, 0.29) is 18.0 Å². The van der Waals surface area contributed by atoms with Crippen molar-refractivity contribution < 1.29 is 19.1 Å². The molecule has 0 saturated carbocycles. The molecule has 4 atom stereocenters. The van der Waals surface area contributed by atoms with Crippen LogP contribution in [-0.4, -0.2) is 46.2 Å². The summed E-state index contributed by atoms with van der Waals surface area (Å²) in [5.41, 5.74) is 4.45. The average molecular weight is 380 g/mol. The molecule has 3 rings (SSSR count). The van der Waals surface area contributed by atoms with Crippen LogP contribution in [0.25, 0.3) is 0 Å². The summed E-state index contributed by atoms with van der Waals surface area (Å²) in [4.78, 5) is 43.0. The Bertz CT molecular complexity index is 918. The van der Waals surface area contributed by atoms with Crippen molar-refractivity contribution in [2.45, 2.75) is 31.8 Å². The van der Waals surface area contributed by atoms with Crippen molar-refractivity contribution in [3.63, 3.8) is 0 Å². The number of Topliss-reactive ketones (excluding diaryl/α,β-unsaturated/α-hetero) is 1. The first-order chi connectivity index (χ1) is 13.4. The number of amides is 1. The Morgan fingerprint density at radius 3 is 2.71 bits per heavy atom. The van der Waals surface area contributed by atoms with E-state index in [2.05, 4.69) is 11.1 Å². The largest absolute Gasteiger partial charge is 0.465 e. The first-order valence-electron chi connectivity index (χ1n) is 8.84. The number of primary amides is 1. The van der Waals surface area contributed by atoms with Crippen LogP contribution in [0.4, 0.5) is 0 Å². The molecule has 0 spiro atoms. The van der Waals surface area contributed by atoms with Crippen LogP contribution in [0.15, 0.2) is 48.5 Å². The van der Waals surface area contributed by atoms with Crippen LogP contribution in [0.3, 0.4) is 0 Å². The van der Waals surface area contributed by atoms with Gasteiger partial charge in [-0.2, -0.15) is 5.26 Å². The van der Waals surface area contributed by atoms with E-state index < -0.39 is 35.3 Å². The van der Waals surface area contributed by atoms with Gasteiger partial charge in [-0.05, 0) is 31.6 Å². The van der Waals surface area contributed by atoms with Crippen molar-refractivity contribution in [1.82, 2.24) is 9.88 Å². The number of rotatable bonds is 5. The van der Waals surface area contributed by atoms with Gasteiger partial charge in [0, 0.05) is 24.5 Å². The van der Waals surface area contributed by atoms with Crippen LogP contribution >= 0.6 is 0 Å². The minimum atomic E-state index is -1.69. The van der Waals surface area contributed by atoms with Gasteiger partial charge in [-0.3, -0.25) is 19.4 Å². The number of esters is 1. The molecule has 144 valence electrons. The second-order valence-electron chi connectivity index (χ2n) is 6.72. The lowest BCUT2D eigenvalue weighted by molar-refractivity contribution is -0.153. The molecule has 8 heteroatoms. The maximum Gasteiger partial charge on any atom is 0.329 e. The molecule has 0 unspecified atom stereocenters. The summed E-state index contributed by atoms with van der Waals surface area (Å²) in [5.74, 6) is -2.47. The second kappa shape index (κ2) is 7.27. The number of ether oxygens (including phenoxy) is 1. The number of nitriles is 1. The number of nitrogens with zero attached hydrogens (tertiary/aromatic N) is 3. The van der Waals surface area contributed by atoms with Gasteiger partial charge < -0.3 is 15.4 Å². The van der Waals surface area contributed by atoms with Gasteiger partial charge in [0.1, 0.15) is 0 Å². The molecule has 1 fully saturated rings. The molecule has 1 saturated heterocycles. The Morgan fingerprint density at radius 1 is 1.43 bits per heavy atom. The Morgan fingerprint density at radius 2 is 2.18 bits per heavy atom. The van der Waals surface area contributed by atoms with Crippen molar-refractivity contribution >= 4 is 17.7 Å². The summed E-state index contributed by atoms with van der Waals surface area (Å²) in [6, 6.07) is 3.89. The Balaban J connectivity index is 2.28. The topological polar surface area (TPSA) is 126 Å². The molecule has 0 bridgehead atoms. The number of carbonyl (C=O) groups excluding carboxylic acids is 3. The van der Waals surface area contributed by atoms with Crippen LogP contribution in [0.2, 0.25) is 0 Å². The Labute approximate surface area is 162 Å².